The number of halogens is 1. The maximum Gasteiger partial charge on any atom is 0.229 e. The van der Waals surface area contributed by atoms with E-state index >= 15 is 0 Å². The molecule has 1 saturated heterocycles. The van der Waals surface area contributed by atoms with Crippen LogP contribution in [0.1, 0.15) is 12.0 Å². The molecule has 3 rings (SSSR count). The molecule has 2 aromatic carbocycles. The number of methoxy groups -OCH3 is 2. The van der Waals surface area contributed by atoms with E-state index < -0.39 is 5.92 Å². The number of hydrogen-bond acceptors (Lipinski definition) is 4. The highest BCUT2D eigenvalue weighted by Crippen LogP contribution is 2.32. The summed E-state index contributed by atoms with van der Waals surface area (Å²) >= 11 is 5.99. The highest BCUT2D eigenvalue weighted by molar-refractivity contribution is 6.30. The van der Waals surface area contributed by atoms with E-state index in [4.69, 9.17) is 21.1 Å². The molecule has 0 bridgehead atoms. The van der Waals surface area contributed by atoms with Crippen LogP contribution in [0, 0.1) is 12.8 Å². The largest absolute Gasteiger partial charge is 0.497 e. The SMILES string of the molecule is COc1ccc(NC(=O)C2CC(=O)N(c3ccc(Cl)cc3C)C2)c(OC)c1. The highest BCUT2D eigenvalue weighted by Gasteiger charge is 2.36. The Hall–Kier alpha value is -2.73. The number of nitrogens with one attached hydrogen (secondary N) is 1. The highest BCUT2D eigenvalue weighted by atomic mass is 35.5. The Labute approximate surface area is 163 Å². The summed E-state index contributed by atoms with van der Waals surface area (Å²) in [7, 11) is 3.08. The number of benzene rings is 2. The van der Waals surface area contributed by atoms with E-state index in [0.717, 1.165) is 11.3 Å². The third-order valence-electron chi connectivity index (χ3n) is 4.61. The Kier molecular flexibility index (Phi) is 5.56. The topological polar surface area (TPSA) is 67.9 Å². The lowest BCUT2D eigenvalue weighted by Gasteiger charge is -2.19. The molecule has 2 amide bonds. The molecular weight excluding hydrogens is 368 g/mol. The molecule has 6 nitrogen and oxygen atoms in total. The molecule has 0 radical (unpaired) electrons. The Morgan fingerprint density at radius 3 is 2.63 bits per heavy atom. The molecule has 1 atom stereocenters. The third kappa shape index (κ3) is 4.01. The van der Waals surface area contributed by atoms with Crippen LogP contribution in [0.4, 0.5) is 11.4 Å². The molecular formula is C20H21ClN2O4. The number of carbonyl (C=O) groups is 2. The van der Waals surface area contributed by atoms with Gasteiger partial charge in [0.1, 0.15) is 11.5 Å². The van der Waals surface area contributed by atoms with Crippen LogP contribution in [0.25, 0.3) is 0 Å². The van der Waals surface area contributed by atoms with Gasteiger partial charge >= 0.3 is 0 Å². The molecule has 0 aliphatic carbocycles. The number of hydrogen-bond donors (Lipinski definition) is 1. The Morgan fingerprint density at radius 1 is 1.19 bits per heavy atom. The monoisotopic (exact) mass is 388 g/mol. The quantitative estimate of drug-likeness (QED) is 0.848. The standard InChI is InChI=1S/C20H21ClN2O4/c1-12-8-14(21)4-7-17(12)23-11-13(9-19(23)24)20(25)22-16-6-5-15(26-2)10-18(16)27-3/h4-8,10,13H,9,11H2,1-3H3,(H,22,25). The Bertz CT molecular complexity index is 884. The number of rotatable bonds is 5. The lowest BCUT2D eigenvalue weighted by molar-refractivity contribution is -0.122. The maximum atomic E-state index is 12.7. The number of aryl methyl sites for hydroxylation is 1. The van der Waals surface area contributed by atoms with Gasteiger partial charge in [0.2, 0.25) is 11.8 Å². The average Bonchev–Trinajstić information content (AvgIpc) is 3.03. The predicted molar refractivity (Wildman–Crippen MR) is 105 cm³/mol. The van der Waals surface area contributed by atoms with Gasteiger partial charge in [0.05, 0.1) is 25.8 Å². The van der Waals surface area contributed by atoms with Gasteiger partial charge in [0.15, 0.2) is 0 Å². The number of anilines is 2. The summed E-state index contributed by atoms with van der Waals surface area (Å²) in [5.74, 6) is 0.380. The minimum absolute atomic E-state index is 0.0812. The molecule has 1 N–H and O–H groups in total. The molecule has 1 heterocycles. The normalized spacial score (nSPS) is 16.4. The van der Waals surface area contributed by atoms with Crippen LogP contribution in [-0.2, 0) is 9.59 Å². The second kappa shape index (κ2) is 7.88. The van der Waals surface area contributed by atoms with Crippen molar-refractivity contribution in [2.75, 3.05) is 31.0 Å². The zero-order valence-corrected chi connectivity index (χ0v) is 16.2. The fourth-order valence-electron chi connectivity index (χ4n) is 3.17. The van der Waals surface area contributed by atoms with Crippen molar-refractivity contribution >= 4 is 34.8 Å². The summed E-state index contributed by atoms with van der Waals surface area (Å²) in [5, 5.41) is 3.47. The van der Waals surface area contributed by atoms with E-state index in [1.807, 2.05) is 13.0 Å². The summed E-state index contributed by atoms with van der Waals surface area (Å²) in [6.07, 6.45) is 0.159. The molecule has 1 fully saturated rings. The van der Waals surface area contributed by atoms with Crippen molar-refractivity contribution in [1.82, 2.24) is 0 Å². The van der Waals surface area contributed by atoms with Crippen LogP contribution < -0.4 is 19.7 Å². The molecule has 1 unspecified atom stereocenters. The lowest BCUT2D eigenvalue weighted by atomic mass is 10.1. The van der Waals surface area contributed by atoms with Crippen molar-refractivity contribution in [3.63, 3.8) is 0 Å². The Morgan fingerprint density at radius 2 is 1.96 bits per heavy atom. The fraction of sp³-hybridized carbons (Fsp3) is 0.300. The van der Waals surface area contributed by atoms with E-state index in [-0.39, 0.29) is 18.2 Å². The molecule has 7 heteroatoms. The smallest absolute Gasteiger partial charge is 0.229 e. The second-order valence-electron chi connectivity index (χ2n) is 6.39. The van der Waals surface area contributed by atoms with Crippen molar-refractivity contribution in [2.45, 2.75) is 13.3 Å². The fourth-order valence-corrected chi connectivity index (χ4v) is 3.40. The molecule has 1 aliphatic rings. The van der Waals surface area contributed by atoms with Gasteiger partial charge < -0.3 is 19.7 Å². The van der Waals surface area contributed by atoms with Crippen molar-refractivity contribution in [1.29, 1.82) is 0 Å². The van der Waals surface area contributed by atoms with Crippen LogP contribution in [0.5, 0.6) is 11.5 Å². The van der Waals surface area contributed by atoms with Crippen molar-refractivity contribution < 1.29 is 19.1 Å². The van der Waals surface area contributed by atoms with Crippen molar-refractivity contribution in [3.8, 4) is 11.5 Å². The van der Waals surface area contributed by atoms with Gasteiger partial charge in [-0.3, -0.25) is 9.59 Å². The van der Waals surface area contributed by atoms with E-state index in [9.17, 15) is 9.59 Å². The average molecular weight is 389 g/mol. The van der Waals surface area contributed by atoms with Gasteiger partial charge in [-0.1, -0.05) is 11.6 Å². The minimum atomic E-state index is -0.445. The van der Waals surface area contributed by atoms with Crippen LogP contribution in [0.15, 0.2) is 36.4 Å². The summed E-state index contributed by atoms with van der Waals surface area (Å²) < 4.78 is 10.5. The van der Waals surface area contributed by atoms with Crippen LogP contribution in [0.3, 0.4) is 0 Å². The van der Waals surface area contributed by atoms with Gasteiger partial charge in [-0.15, -0.1) is 0 Å². The zero-order valence-electron chi connectivity index (χ0n) is 15.4. The van der Waals surface area contributed by atoms with Crippen molar-refractivity contribution in [3.05, 3.63) is 47.0 Å². The number of nitrogens with zero attached hydrogens (tertiary/aromatic N) is 1. The summed E-state index contributed by atoms with van der Waals surface area (Å²) in [6, 6.07) is 10.5. The lowest BCUT2D eigenvalue weighted by Crippen LogP contribution is -2.28. The van der Waals surface area contributed by atoms with E-state index in [1.165, 1.54) is 7.11 Å². The molecule has 0 aromatic heterocycles. The van der Waals surface area contributed by atoms with Crippen molar-refractivity contribution in [2.24, 2.45) is 5.92 Å². The number of amides is 2. The first-order valence-corrected chi connectivity index (χ1v) is 8.90. The predicted octanol–water partition coefficient (Wildman–Crippen LogP) is 3.66. The first-order chi connectivity index (χ1) is 12.9. The van der Waals surface area contributed by atoms with Gasteiger partial charge in [-0.05, 0) is 42.8 Å². The number of carbonyl (C=O) groups excluding carboxylic acids is 2. The van der Waals surface area contributed by atoms with E-state index in [0.29, 0.717) is 28.8 Å². The molecule has 0 saturated carbocycles. The van der Waals surface area contributed by atoms with Crippen LogP contribution in [0.2, 0.25) is 5.02 Å². The molecule has 0 spiro atoms. The summed E-state index contributed by atoms with van der Waals surface area (Å²) in [4.78, 5) is 26.8. The molecule has 2 aromatic rings. The van der Waals surface area contributed by atoms with Gasteiger partial charge in [0.25, 0.3) is 0 Å². The van der Waals surface area contributed by atoms with Gasteiger partial charge in [-0.25, -0.2) is 0 Å². The molecule has 1 aliphatic heterocycles. The summed E-state index contributed by atoms with van der Waals surface area (Å²) in [5.41, 5.74) is 2.22. The second-order valence-corrected chi connectivity index (χ2v) is 6.83. The van der Waals surface area contributed by atoms with E-state index in [2.05, 4.69) is 5.32 Å². The van der Waals surface area contributed by atoms with Gasteiger partial charge in [0, 0.05) is 29.7 Å². The molecule has 27 heavy (non-hydrogen) atoms. The summed E-state index contributed by atoms with van der Waals surface area (Å²) in [6.45, 7) is 2.22. The minimum Gasteiger partial charge on any atom is -0.497 e. The number of ether oxygens (including phenoxy) is 2. The van der Waals surface area contributed by atoms with Crippen LogP contribution in [-0.4, -0.2) is 32.6 Å². The van der Waals surface area contributed by atoms with Crippen LogP contribution >= 0.6 is 11.6 Å². The maximum absolute atomic E-state index is 12.7. The zero-order chi connectivity index (χ0) is 19.6. The van der Waals surface area contributed by atoms with E-state index in [1.54, 1.807) is 42.3 Å². The Balaban J connectivity index is 1.74. The van der Waals surface area contributed by atoms with Gasteiger partial charge in [-0.2, -0.15) is 0 Å². The first kappa shape index (κ1) is 19.0. The molecule has 142 valence electrons. The first-order valence-electron chi connectivity index (χ1n) is 8.52. The third-order valence-corrected chi connectivity index (χ3v) is 4.85.